The summed E-state index contributed by atoms with van der Waals surface area (Å²) in [4.78, 5) is 22.5. The van der Waals surface area contributed by atoms with Gasteiger partial charge in [0.25, 0.3) is 0 Å². The lowest BCUT2D eigenvalue weighted by Gasteiger charge is -2.27. The van der Waals surface area contributed by atoms with Crippen molar-refractivity contribution in [3.8, 4) is 11.6 Å². The number of hydrogen-bond donors (Lipinski definition) is 1. The van der Waals surface area contributed by atoms with Crippen LogP contribution in [0.25, 0.3) is 0 Å². The lowest BCUT2D eigenvalue weighted by molar-refractivity contribution is -0.119. The SMILES string of the molecule is O=C1CCCCN1c1cccc(CNc2nccc(Oc3ccc(F)cc3)n2)c1. The Morgan fingerprint density at radius 2 is 1.97 bits per heavy atom. The predicted molar refractivity (Wildman–Crippen MR) is 108 cm³/mol. The van der Waals surface area contributed by atoms with Gasteiger partial charge in [-0.3, -0.25) is 4.79 Å². The molecule has 0 bridgehead atoms. The van der Waals surface area contributed by atoms with Gasteiger partial charge in [0.05, 0.1) is 0 Å². The summed E-state index contributed by atoms with van der Waals surface area (Å²) in [6.07, 6.45) is 4.20. The molecule has 2 aromatic carbocycles. The molecular formula is C22H21FN4O2. The molecule has 0 radical (unpaired) electrons. The Morgan fingerprint density at radius 1 is 1.10 bits per heavy atom. The maximum Gasteiger partial charge on any atom is 0.226 e. The highest BCUT2D eigenvalue weighted by atomic mass is 19.1. The van der Waals surface area contributed by atoms with E-state index in [4.69, 9.17) is 4.74 Å². The van der Waals surface area contributed by atoms with E-state index in [1.807, 2.05) is 29.2 Å². The van der Waals surface area contributed by atoms with Crippen LogP contribution in [-0.4, -0.2) is 22.4 Å². The van der Waals surface area contributed by atoms with Crippen LogP contribution >= 0.6 is 0 Å². The van der Waals surface area contributed by atoms with E-state index in [1.165, 1.54) is 24.3 Å². The molecule has 1 saturated heterocycles. The monoisotopic (exact) mass is 392 g/mol. The van der Waals surface area contributed by atoms with Crippen LogP contribution in [0, 0.1) is 5.82 Å². The highest BCUT2D eigenvalue weighted by Crippen LogP contribution is 2.23. The topological polar surface area (TPSA) is 67.4 Å². The number of piperidine rings is 1. The summed E-state index contributed by atoms with van der Waals surface area (Å²) >= 11 is 0. The van der Waals surface area contributed by atoms with Gasteiger partial charge in [-0.05, 0) is 54.8 Å². The average molecular weight is 392 g/mol. The van der Waals surface area contributed by atoms with Gasteiger partial charge in [0.1, 0.15) is 11.6 Å². The van der Waals surface area contributed by atoms with Crippen LogP contribution in [-0.2, 0) is 11.3 Å². The summed E-state index contributed by atoms with van der Waals surface area (Å²) < 4.78 is 18.6. The number of hydrogen-bond acceptors (Lipinski definition) is 5. The Hall–Kier alpha value is -3.48. The standard InChI is InChI=1S/C22H21FN4O2/c23-17-7-9-19(10-8-17)29-20-11-12-24-22(26-20)25-15-16-4-3-5-18(14-16)27-13-2-1-6-21(27)28/h3-5,7-12,14H,1-2,6,13,15H2,(H,24,25,26). The van der Waals surface area contributed by atoms with E-state index < -0.39 is 0 Å². The first-order valence-corrected chi connectivity index (χ1v) is 9.57. The van der Waals surface area contributed by atoms with Crippen LogP contribution in [0.5, 0.6) is 11.6 Å². The van der Waals surface area contributed by atoms with Gasteiger partial charge < -0.3 is 15.0 Å². The molecule has 0 aliphatic carbocycles. The molecule has 6 nitrogen and oxygen atoms in total. The predicted octanol–water partition coefficient (Wildman–Crippen LogP) is 4.54. The Labute approximate surface area is 168 Å². The van der Waals surface area contributed by atoms with E-state index in [1.54, 1.807) is 12.3 Å². The zero-order valence-electron chi connectivity index (χ0n) is 15.8. The van der Waals surface area contributed by atoms with Gasteiger partial charge in [-0.1, -0.05) is 12.1 Å². The molecular weight excluding hydrogens is 371 g/mol. The molecule has 0 unspecified atom stereocenters. The van der Waals surface area contributed by atoms with Gasteiger partial charge in [-0.15, -0.1) is 0 Å². The van der Waals surface area contributed by atoms with Crippen LogP contribution in [0.3, 0.4) is 0 Å². The van der Waals surface area contributed by atoms with Crippen molar-refractivity contribution in [2.75, 3.05) is 16.8 Å². The quantitative estimate of drug-likeness (QED) is 0.667. The third-order valence-electron chi connectivity index (χ3n) is 4.66. The minimum Gasteiger partial charge on any atom is -0.439 e. The van der Waals surface area contributed by atoms with E-state index in [-0.39, 0.29) is 11.7 Å². The summed E-state index contributed by atoms with van der Waals surface area (Å²) in [5, 5.41) is 3.17. The maximum absolute atomic E-state index is 13.0. The average Bonchev–Trinajstić information content (AvgIpc) is 2.75. The Bertz CT molecular complexity index is 994. The van der Waals surface area contributed by atoms with E-state index >= 15 is 0 Å². The van der Waals surface area contributed by atoms with Crippen LogP contribution < -0.4 is 15.0 Å². The molecule has 1 N–H and O–H groups in total. The van der Waals surface area contributed by atoms with Crippen LogP contribution in [0.1, 0.15) is 24.8 Å². The van der Waals surface area contributed by atoms with Crippen molar-refractivity contribution < 1.29 is 13.9 Å². The molecule has 4 rings (SSSR count). The molecule has 29 heavy (non-hydrogen) atoms. The fraction of sp³-hybridized carbons (Fsp3) is 0.227. The van der Waals surface area contributed by atoms with E-state index in [9.17, 15) is 9.18 Å². The summed E-state index contributed by atoms with van der Waals surface area (Å²) in [5.41, 5.74) is 1.94. The second-order valence-corrected chi connectivity index (χ2v) is 6.80. The van der Waals surface area contributed by atoms with Gasteiger partial charge >= 0.3 is 0 Å². The number of nitrogens with one attached hydrogen (secondary N) is 1. The van der Waals surface area contributed by atoms with Crippen molar-refractivity contribution in [1.82, 2.24) is 9.97 Å². The molecule has 3 aromatic rings. The van der Waals surface area contributed by atoms with Gasteiger partial charge in [0, 0.05) is 37.5 Å². The van der Waals surface area contributed by atoms with Crippen LogP contribution in [0.4, 0.5) is 16.0 Å². The van der Waals surface area contributed by atoms with Gasteiger partial charge in [0.2, 0.25) is 17.7 Å². The third kappa shape index (κ3) is 4.87. The minimum atomic E-state index is -0.323. The number of anilines is 2. The fourth-order valence-corrected chi connectivity index (χ4v) is 3.20. The molecule has 2 heterocycles. The van der Waals surface area contributed by atoms with Crippen molar-refractivity contribution in [3.63, 3.8) is 0 Å². The molecule has 1 fully saturated rings. The summed E-state index contributed by atoms with van der Waals surface area (Å²) in [6, 6.07) is 15.3. The molecule has 0 atom stereocenters. The second-order valence-electron chi connectivity index (χ2n) is 6.80. The number of ether oxygens (including phenoxy) is 1. The molecule has 0 saturated carbocycles. The molecule has 1 aliphatic rings. The smallest absolute Gasteiger partial charge is 0.226 e. The molecule has 1 aromatic heterocycles. The first kappa shape index (κ1) is 18.9. The normalized spacial score (nSPS) is 14.0. The third-order valence-corrected chi connectivity index (χ3v) is 4.66. The highest BCUT2D eigenvalue weighted by Gasteiger charge is 2.19. The number of amides is 1. The molecule has 7 heteroatoms. The van der Waals surface area contributed by atoms with Gasteiger partial charge in [-0.2, -0.15) is 4.98 Å². The number of benzene rings is 2. The van der Waals surface area contributed by atoms with Gasteiger partial charge in [-0.25, -0.2) is 9.37 Å². The van der Waals surface area contributed by atoms with Crippen LogP contribution in [0.2, 0.25) is 0 Å². The number of nitrogens with zero attached hydrogens (tertiary/aromatic N) is 3. The lowest BCUT2D eigenvalue weighted by Crippen LogP contribution is -2.35. The highest BCUT2D eigenvalue weighted by molar-refractivity contribution is 5.94. The van der Waals surface area contributed by atoms with Crippen molar-refractivity contribution in [2.24, 2.45) is 0 Å². The van der Waals surface area contributed by atoms with Crippen LogP contribution in [0.15, 0.2) is 60.8 Å². The molecule has 1 aliphatic heterocycles. The van der Waals surface area contributed by atoms with E-state index in [0.29, 0.717) is 30.5 Å². The van der Waals surface area contributed by atoms with Crippen molar-refractivity contribution in [1.29, 1.82) is 0 Å². The summed E-state index contributed by atoms with van der Waals surface area (Å²) in [5.74, 6) is 1.13. The lowest BCUT2D eigenvalue weighted by atomic mass is 10.1. The van der Waals surface area contributed by atoms with Gasteiger partial charge in [0.15, 0.2) is 0 Å². The Kier molecular flexibility index (Phi) is 5.65. The first-order chi connectivity index (χ1) is 14.2. The fourth-order valence-electron chi connectivity index (χ4n) is 3.20. The number of carbonyl (C=O) groups excluding carboxylic acids is 1. The second kappa shape index (κ2) is 8.68. The number of carbonyl (C=O) groups is 1. The summed E-state index contributed by atoms with van der Waals surface area (Å²) in [7, 11) is 0. The molecule has 0 spiro atoms. The van der Waals surface area contributed by atoms with Crippen molar-refractivity contribution in [2.45, 2.75) is 25.8 Å². The van der Waals surface area contributed by atoms with Crippen molar-refractivity contribution in [3.05, 3.63) is 72.2 Å². The Morgan fingerprint density at radius 3 is 2.79 bits per heavy atom. The molecule has 1 amide bonds. The van der Waals surface area contributed by atoms with Crippen molar-refractivity contribution >= 4 is 17.5 Å². The molecule has 148 valence electrons. The maximum atomic E-state index is 13.0. The number of halogens is 1. The summed E-state index contributed by atoms with van der Waals surface area (Å²) in [6.45, 7) is 1.28. The number of rotatable bonds is 6. The zero-order valence-corrected chi connectivity index (χ0v) is 15.8. The number of aromatic nitrogens is 2. The Balaban J connectivity index is 1.41. The minimum absolute atomic E-state index is 0.176. The van der Waals surface area contributed by atoms with E-state index in [2.05, 4.69) is 15.3 Å². The first-order valence-electron chi connectivity index (χ1n) is 9.57. The largest absolute Gasteiger partial charge is 0.439 e. The van der Waals surface area contributed by atoms with E-state index in [0.717, 1.165) is 30.6 Å². The zero-order chi connectivity index (χ0) is 20.1.